The zero-order valence-corrected chi connectivity index (χ0v) is 14.7. The minimum absolute atomic E-state index is 0.266. The number of methoxy groups -OCH3 is 1. The lowest BCUT2D eigenvalue weighted by Crippen LogP contribution is -2.21. The van der Waals surface area contributed by atoms with Crippen molar-refractivity contribution in [3.63, 3.8) is 0 Å². The predicted molar refractivity (Wildman–Crippen MR) is 94.3 cm³/mol. The molecule has 0 aliphatic carbocycles. The second-order valence-electron chi connectivity index (χ2n) is 5.33. The largest absolute Gasteiger partial charge is 0.495 e. The molecule has 136 valence electrons. The Bertz CT molecular complexity index is 838. The number of hydrogen-bond acceptors (Lipinski definition) is 6. The van der Waals surface area contributed by atoms with E-state index in [1.165, 1.54) is 13.2 Å². The monoisotopic (exact) mass is 377 g/mol. The van der Waals surface area contributed by atoms with Gasteiger partial charge in [0.1, 0.15) is 19.0 Å². The molecular weight excluding hydrogens is 362 g/mol. The van der Waals surface area contributed by atoms with E-state index in [0.717, 1.165) is 0 Å². The van der Waals surface area contributed by atoms with Crippen LogP contribution in [0.5, 0.6) is 17.2 Å². The molecule has 0 saturated heterocycles. The first kappa shape index (κ1) is 17.9. The maximum absolute atomic E-state index is 12.1. The number of anilines is 1. The summed E-state index contributed by atoms with van der Waals surface area (Å²) in [6.45, 7) is 0.419. The number of halogens is 1. The maximum atomic E-state index is 12.1. The van der Waals surface area contributed by atoms with Gasteiger partial charge in [0, 0.05) is 5.02 Å². The molecule has 0 radical (unpaired) electrons. The van der Waals surface area contributed by atoms with Crippen LogP contribution in [0.15, 0.2) is 36.4 Å². The van der Waals surface area contributed by atoms with Gasteiger partial charge in [0.05, 0.1) is 18.4 Å². The molecule has 0 atom stereocenters. The number of nitrogens with one attached hydrogen (secondary N) is 1. The number of ether oxygens (including phenoxy) is 4. The fourth-order valence-corrected chi connectivity index (χ4v) is 2.52. The molecule has 8 heteroatoms. The van der Waals surface area contributed by atoms with Crippen LogP contribution in [-0.2, 0) is 9.53 Å². The van der Waals surface area contributed by atoms with Gasteiger partial charge in [0.2, 0.25) is 0 Å². The van der Waals surface area contributed by atoms with E-state index in [2.05, 4.69) is 5.32 Å². The second-order valence-corrected chi connectivity index (χ2v) is 5.76. The molecule has 7 nitrogen and oxygen atoms in total. The van der Waals surface area contributed by atoms with Crippen LogP contribution in [-0.4, -0.2) is 38.8 Å². The van der Waals surface area contributed by atoms with Crippen LogP contribution in [0.1, 0.15) is 10.4 Å². The van der Waals surface area contributed by atoms with E-state index in [4.69, 9.17) is 30.5 Å². The number of hydrogen-bond donors (Lipinski definition) is 1. The van der Waals surface area contributed by atoms with E-state index >= 15 is 0 Å². The van der Waals surface area contributed by atoms with E-state index in [-0.39, 0.29) is 5.56 Å². The molecule has 2 aromatic rings. The minimum atomic E-state index is -0.643. The SMILES string of the molecule is COc1ccc(Cl)cc1NC(=O)COC(=O)c1ccc2c(c1)OCCO2. The van der Waals surface area contributed by atoms with Gasteiger partial charge in [-0.05, 0) is 36.4 Å². The summed E-state index contributed by atoms with van der Waals surface area (Å²) in [4.78, 5) is 24.1. The molecule has 0 saturated carbocycles. The molecule has 0 unspecified atom stereocenters. The van der Waals surface area contributed by atoms with Gasteiger partial charge in [-0.3, -0.25) is 4.79 Å². The average Bonchev–Trinajstić information content (AvgIpc) is 2.66. The highest BCUT2D eigenvalue weighted by molar-refractivity contribution is 6.31. The van der Waals surface area contributed by atoms with Gasteiger partial charge < -0.3 is 24.3 Å². The molecule has 1 heterocycles. The topological polar surface area (TPSA) is 83.1 Å². The molecule has 1 amide bonds. The number of amides is 1. The van der Waals surface area contributed by atoms with Crippen LogP contribution in [0.3, 0.4) is 0 Å². The summed E-state index contributed by atoms with van der Waals surface area (Å²) in [6.07, 6.45) is 0. The van der Waals surface area contributed by atoms with Gasteiger partial charge in [0.15, 0.2) is 18.1 Å². The van der Waals surface area contributed by atoms with E-state index in [0.29, 0.717) is 41.2 Å². The normalized spacial score (nSPS) is 12.2. The molecule has 26 heavy (non-hydrogen) atoms. The quantitative estimate of drug-likeness (QED) is 0.807. The molecule has 1 aliphatic heterocycles. The van der Waals surface area contributed by atoms with Gasteiger partial charge in [0.25, 0.3) is 5.91 Å². The molecule has 0 aromatic heterocycles. The first-order valence-corrected chi connectivity index (χ1v) is 8.15. The number of esters is 1. The van der Waals surface area contributed by atoms with Crippen LogP contribution in [0, 0.1) is 0 Å². The lowest BCUT2D eigenvalue weighted by Gasteiger charge is -2.18. The number of carbonyl (C=O) groups excluding carboxylic acids is 2. The number of benzene rings is 2. The van der Waals surface area contributed by atoms with Crippen LogP contribution in [0.25, 0.3) is 0 Å². The lowest BCUT2D eigenvalue weighted by molar-refractivity contribution is -0.119. The summed E-state index contributed by atoms with van der Waals surface area (Å²) >= 11 is 5.91. The molecule has 0 fully saturated rings. The van der Waals surface area contributed by atoms with Crippen molar-refractivity contribution in [1.82, 2.24) is 0 Å². The molecule has 0 spiro atoms. The van der Waals surface area contributed by atoms with Crippen molar-refractivity contribution < 1.29 is 28.5 Å². The Morgan fingerprint density at radius 1 is 1.12 bits per heavy atom. The third kappa shape index (κ3) is 4.18. The van der Waals surface area contributed by atoms with Crippen molar-refractivity contribution in [2.45, 2.75) is 0 Å². The third-order valence-corrected chi connectivity index (χ3v) is 3.78. The second kappa shape index (κ2) is 7.97. The highest BCUT2D eigenvalue weighted by Crippen LogP contribution is 2.31. The zero-order chi connectivity index (χ0) is 18.5. The first-order valence-electron chi connectivity index (χ1n) is 7.77. The summed E-state index contributed by atoms with van der Waals surface area (Å²) in [5, 5.41) is 3.03. The number of carbonyl (C=O) groups is 2. The van der Waals surface area contributed by atoms with Crippen molar-refractivity contribution >= 4 is 29.2 Å². The van der Waals surface area contributed by atoms with Crippen molar-refractivity contribution in [3.05, 3.63) is 47.0 Å². The van der Waals surface area contributed by atoms with E-state index in [1.54, 1.807) is 30.3 Å². The Morgan fingerprint density at radius 2 is 1.88 bits per heavy atom. The molecular formula is C18H16ClNO6. The summed E-state index contributed by atoms with van der Waals surface area (Å²) in [7, 11) is 1.47. The maximum Gasteiger partial charge on any atom is 0.338 e. The molecule has 2 aromatic carbocycles. The summed E-state index contributed by atoms with van der Waals surface area (Å²) < 4.78 is 21.0. The van der Waals surface area contributed by atoms with E-state index < -0.39 is 18.5 Å². The molecule has 3 rings (SSSR count). The minimum Gasteiger partial charge on any atom is -0.495 e. The van der Waals surface area contributed by atoms with Crippen LogP contribution < -0.4 is 19.5 Å². The van der Waals surface area contributed by atoms with Crippen molar-refractivity contribution in [2.75, 3.05) is 32.2 Å². The molecule has 0 bridgehead atoms. The molecule has 1 aliphatic rings. The van der Waals surface area contributed by atoms with Gasteiger partial charge in [-0.1, -0.05) is 11.6 Å². The summed E-state index contributed by atoms with van der Waals surface area (Å²) in [6, 6.07) is 9.50. The number of rotatable bonds is 5. The Morgan fingerprint density at radius 3 is 2.65 bits per heavy atom. The Labute approximate surface area is 154 Å². The smallest absolute Gasteiger partial charge is 0.338 e. The zero-order valence-electron chi connectivity index (χ0n) is 13.9. The predicted octanol–water partition coefficient (Wildman–Crippen LogP) is 2.92. The Kier molecular flexibility index (Phi) is 5.48. The highest BCUT2D eigenvalue weighted by Gasteiger charge is 2.17. The van der Waals surface area contributed by atoms with Crippen molar-refractivity contribution in [3.8, 4) is 17.2 Å². The van der Waals surface area contributed by atoms with Crippen molar-refractivity contribution in [2.24, 2.45) is 0 Å². The van der Waals surface area contributed by atoms with Gasteiger partial charge in [-0.25, -0.2) is 4.79 Å². The summed E-state index contributed by atoms with van der Waals surface area (Å²) in [5.41, 5.74) is 0.655. The highest BCUT2D eigenvalue weighted by atomic mass is 35.5. The van der Waals surface area contributed by atoms with E-state index in [9.17, 15) is 9.59 Å². The van der Waals surface area contributed by atoms with Gasteiger partial charge in [-0.2, -0.15) is 0 Å². The third-order valence-electron chi connectivity index (χ3n) is 3.55. The van der Waals surface area contributed by atoms with Crippen LogP contribution in [0.2, 0.25) is 5.02 Å². The lowest BCUT2D eigenvalue weighted by atomic mass is 10.2. The molecule has 1 N–H and O–H groups in total. The standard InChI is InChI=1S/C18H16ClNO6/c1-23-14-5-3-12(19)9-13(14)20-17(21)10-26-18(22)11-2-4-15-16(8-11)25-7-6-24-15/h2-5,8-9H,6-7,10H2,1H3,(H,20,21). The van der Waals surface area contributed by atoms with Crippen molar-refractivity contribution in [1.29, 1.82) is 0 Å². The Balaban J connectivity index is 1.59. The van der Waals surface area contributed by atoms with Gasteiger partial charge >= 0.3 is 5.97 Å². The fourth-order valence-electron chi connectivity index (χ4n) is 2.35. The fraction of sp³-hybridized carbons (Fsp3) is 0.222. The first-order chi connectivity index (χ1) is 12.6. The number of fused-ring (bicyclic) bond motifs is 1. The van der Waals surface area contributed by atoms with E-state index in [1.807, 2.05) is 0 Å². The average molecular weight is 378 g/mol. The van der Waals surface area contributed by atoms with Gasteiger partial charge in [-0.15, -0.1) is 0 Å². The Hall–Kier alpha value is -2.93. The van der Waals surface area contributed by atoms with Crippen LogP contribution in [0.4, 0.5) is 5.69 Å². The summed E-state index contributed by atoms with van der Waals surface area (Å²) in [5.74, 6) is 0.324. The van der Waals surface area contributed by atoms with Crippen LogP contribution >= 0.6 is 11.6 Å².